The second kappa shape index (κ2) is 5.99. The molecule has 0 spiro atoms. The summed E-state index contributed by atoms with van der Waals surface area (Å²) < 4.78 is 5.63. The van der Waals surface area contributed by atoms with Crippen molar-refractivity contribution in [2.24, 2.45) is 11.1 Å². The van der Waals surface area contributed by atoms with E-state index in [9.17, 15) is 0 Å². The maximum absolute atomic E-state index is 6.18. The zero-order chi connectivity index (χ0) is 12.2. The lowest BCUT2D eigenvalue weighted by atomic mass is 9.85. The number of rotatable bonds is 3. The minimum absolute atomic E-state index is 0.216. The lowest BCUT2D eigenvalue weighted by Gasteiger charge is -2.30. The monoisotopic (exact) mass is 228 g/mol. The predicted molar refractivity (Wildman–Crippen MR) is 68.5 cm³/mol. The van der Waals surface area contributed by atoms with Gasteiger partial charge in [-0.05, 0) is 31.7 Å². The van der Waals surface area contributed by atoms with Crippen molar-refractivity contribution in [2.75, 3.05) is 26.2 Å². The molecule has 1 aliphatic rings. The molecular formula is C13H28N2O. The molecule has 0 aromatic heterocycles. The Kier molecular flexibility index (Phi) is 5.22. The van der Waals surface area contributed by atoms with Crippen LogP contribution in [0, 0.1) is 5.41 Å². The third kappa shape index (κ3) is 4.81. The quantitative estimate of drug-likeness (QED) is 0.801. The standard InChI is InChI=1S/C13H28N2O/c1-11-10-15(7-5-9-16-11)8-6-12(14)13(2,3)4/h11-12H,5-10,14H2,1-4H3. The topological polar surface area (TPSA) is 38.5 Å². The van der Waals surface area contributed by atoms with Crippen molar-refractivity contribution in [3.63, 3.8) is 0 Å². The Balaban J connectivity index is 2.31. The van der Waals surface area contributed by atoms with Crippen LogP contribution in [0.15, 0.2) is 0 Å². The number of nitrogens with two attached hydrogens (primary N) is 1. The summed E-state index contributed by atoms with van der Waals surface area (Å²) in [7, 11) is 0. The summed E-state index contributed by atoms with van der Waals surface area (Å²) in [5, 5.41) is 0. The first kappa shape index (κ1) is 13.9. The highest BCUT2D eigenvalue weighted by Gasteiger charge is 2.22. The number of hydrogen-bond acceptors (Lipinski definition) is 3. The minimum Gasteiger partial charge on any atom is -0.377 e. The van der Waals surface area contributed by atoms with Crippen molar-refractivity contribution in [1.82, 2.24) is 4.90 Å². The predicted octanol–water partition coefficient (Wildman–Crippen LogP) is 1.86. The van der Waals surface area contributed by atoms with Gasteiger partial charge in [-0.3, -0.25) is 0 Å². The highest BCUT2D eigenvalue weighted by molar-refractivity contribution is 4.78. The molecule has 0 aliphatic carbocycles. The van der Waals surface area contributed by atoms with E-state index in [0.717, 1.165) is 39.1 Å². The summed E-state index contributed by atoms with van der Waals surface area (Å²) in [5.41, 5.74) is 6.40. The zero-order valence-electron chi connectivity index (χ0n) is 11.3. The van der Waals surface area contributed by atoms with Crippen LogP contribution < -0.4 is 5.73 Å². The molecule has 16 heavy (non-hydrogen) atoms. The molecule has 0 aromatic rings. The van der Waals surface area contributed by atoms with Crippen LogP contribution >= 0.6 is 0 Å². The van der Waals surface area contributed by atoms with Crippen LogP contribution in [-0.2, 0) is 4.74 Å². The summed E-state index contributed by atoms with van der Waals surface area (Å²) in [6.07, 6.45) is 2.60. The smallest absolute Gasteiger partial charge is 0.0673 e. The van der Waals surface area contributed by atoms with Crippen LogP contribution in [0.25, 0.3) is 0 Å². The fraction of sp³-hybridized carbons (Fsp3) is 1.00. The molecule has 1 heterocycles. The van der Waals surface area contributed by atoms with Crippen molar-refractivity contribution >= 4 is 0 Å². The van der Waals surface area contributed by atoms with E-state index in [1.54, 1.807) is 0 Å². The van der Waals surface area contributed by atoms with Crippen molar-refractivity contribution in [2.45, 2.75) is 52.7 Å². The van der Waals surface area contributed by atoms with E-state index in [4.69, 9.17) is 10.5 Å². The van der Waals surface area contributed by atoms with E-state index < -0.39 is 0 Å². The minimum atomic E-state index is 0.216. The first-order valence-electron chi connectivity index (χ1n) is 6.49. The van der Waals surface area contributed by atoms with Gasteiger partial charge in [0.05, 0.1) is 6.10 Å². The van der Waals surface area contributed by atoms with Gasteiger partial charge >= 0.3 is 0 Å². The molecule has 1 aliphatic heterocycles. The van der Waals surface area contributed by atoms with E-state index >= 15 is 0 Å². The van der Waals surface area contributed by atoms with Crippen molar-refractivity contribution in [3.8, 4) is 0 Å². The fourth-order valence-electron chi connectivity index (χ4n) is 2.04. The van der Waals surface area contributed by atoms with Crippen LogP contribution in [0.4, 0.5) is 0 Å². The second-order valence-corrected chi connectivity index (χ2v) is 6.10. The fourth-order valence-corrected chi connectivity index (χ4v) is 2.04. The Labute approximate surface area is 100 Å². The molecule has 2 atom stereocenters. The molecule has 96 valence electrons. The Morgan fingerprint density at radius 1 is 1.44 bits per heavy atom. The first-order chi connectivity index (χ1) is 7.39. The highest BCUT2D eigenvalue weighted by Crippen LogP contribution is 2.20. The number of ether oxygens (including phenoxy) is 1. The summed E-state index contributed by atoms with van der Waals surface area (Å²) >= 11 is 0. The van der Waals surface area contributed by atoms with Gasteiger partial charge in [-0.15, -0.1) is 0 Å². The molecule has 0 radical (unpaired) electrons. The maximum atomic E-state index is 6.18. The van der Waals surface area contributed by atoms with Crippen LogP contribution in [0.1, 0.15) is 40.5 Å². The van der Waals surface area contributed by atoms with E-state index in [2.05, 4.69) is 32.6 Å². The Morgan fingerprint density at radius 2 is 2.12 bits per heavy atom. The molecule has 2 unspecified atom stereocenters. The second-order valence-electron chi connectivity index (χ2n) is 6.10. The van der Waals surface area contributed by atoms with Gasteiger partial charge in [0, 0.05) is 25.7 Å². The molecule has 0 bridgehead atoms. The largest absolute Gasteiger partial charge is 0.377 e. The molecule has 3 nitrogen and oxygen atoms in total. The van der Waals surface area contributed by atoms with Gasteiger partial charge < -0.3 is 15.4 Å². The molecule has 3 heteroatoms. The number of hydrogen-bond donors (Lipinski definition) is 1. The lowest BCUT2D eigenvalue weighted by molar-refractivity contribution is 0.0668. The van der Waals surface area contributed by atoms with Crippen molar-refractivity contribution in [3.05, 3.63) is 0 Å². The molecule has 1 rings (SSSR count). The first-order valence-corrected chi connectivity index (χ1v) is 6.49. The average molecular weight is 228 g/mol. The van der Waals surface area contributed by atoms with Crippen molar-refractivity contribution < 1.29 is 4.74 Å². The van der Waals surface area contributed by atoms with Gasteiger partial charge in [-0.25, -0.2) is 0 Å². The van der Waals surface area contributed by atoms with Gasteiger partial charge in [-0.1, -0.05) is 20.8 Å². The molecule has 1 fully saturated rings. The summed E-state index contributed by atoms with van der Waals surface area (Å²) in [5.74, 6) is 0. The third-order valence-corrected chi connectivity index (χ3v) is 3.41. The zero-order valence-corrected chi connectivity index (χ0v) is 11.3. The van der Waals surface area contributed by atoms with Crippen LogP contribution in [0.2, 0.25) is 0 Å². The van der Waals surface area contributed by atoms with E-state index in [0.29, 0.717) is 6.10 Å². The maximum Gasteiger partial charge on any atom is 0.0673 e. The molecule has 0 amide bonds. The van der Waals surface area contributed by atoms with Gasteiger partial charge in [-0.2, -0.15) is 0 Å². The SMILES string of the molecule is CC1CN(CCC(N)C(C)(C)C)CCCO1. The summed E-state index contributed by atoms with van der Waals surface area (Å²) in [4.78, 5) is 2.49. The molecule has 0 aromatic carbocycles. The summed E-state index contributed by atoms with van der Waals surface area (Å²) in [6.45, 7) is 13.0. The molecule has 0 saturated carbocycles. The highest BCUT2D eigenvalue weighted by atomic mass is 16.5. The van der Waals surface area contributed by atoms with Gasteiger partial charge in [0.25, 0.3) is 0 Å². The Morgan fingerprint density at radius 3 is 2.75 bits per heavy atom. The van der Waals surface area contributed by atoms with E-state index in [1.165, 1.54) is 0 Å². The van der Waals surface area contributed by atoms with Gasteiger partial charge in [0.15, 0.2) is 0 Å². The summed E-state index contributed by atoms with van der Waals surface area (Å²) in [6, 6.07) is 0.284. The van der Waals surface area contributed by atoms with E-state index in [-0.39, 0.29) is 11.5 Å². The molecule has 1 saturated heterocycles. The van der Waals surface area contributed by atoms with Gasteiger partial charge in [0.2, 0.25) is 0 Å². The lowest BCUT2D eigenvalue weighted by Crippen LogP contribution is -2.40. The normalized spacial score (nSPS) is 26.4. The van der Waals surface area contributed by atoms with E-state index in [1.807, 2.05) is 0 Å². The van der Waals surface area contributed by atoms with Crippen LogP contribution in [-0.4, -0.2) is 43.3 Å². The number of nitrogens with zero attached hydrogens (tertiary/aromatic N) is 1. The third-order valence-electron chi connectivity index (χ3n) is 3.41. The van der Waals surface area contributed by atoms with Gasteiger partial charge in [0.1, 0.15) is 0 Å². The molecular weight excluding hydrogens is 200 g/mol. The van der Waals surface area contributed by atoms with Crippen LogP contribution in [0.5, 0.6) is 0 Å². The average Bonchev–Trinajstić information content (AvgIpc) is 2.37. The Hall–Kier alpha value is -0.120. The van der Waals surface area contributed by atoms with Crippen molar-refractivity contribution in [1.29, 1.82) is 0 Å². The Bertz CT molecular complexity index is 201. The molecule has 2 N–H and O–H groups in total. The van der Waals surface area contributed by atoms with Crippen LogP contribution in [0.3, 0.4) is 0 Å².